The predicted molar refractivity (Wildman–Crippen MR) is 165 cm³/mol. The lowest BCUT2D eigenvalue weighted by molar-refractivity contribution is 0.335. The summed E-state index contributed by atoms with van der Waals surface area (Å²) in [5.74, 6) is -2.26. The summed E-state index contributed by atoms with van der Waals surface area (Å²) >= 11 is 0. The second-order valence-corrected chi connectivity index (χ2v) is 10.4. The van der Waals surface area contributed by atoms with Gasteiger partial charge in [-0.1, -0.05) is 18.2 Å². The van der Waals surface area contributed by atoms with Crippen molar-refractivity contribution in [2.75, 3.05) is 18.6 Å². The summed E-state index contributed by atoms with van der Waals surface area (Å²) in [6.07, 6.45) is 4.54. The predicted octanol–water partition coefficient (Wildman–Crippen LogP) is 7.55. The van der Waals surface area contributed by atoms with E-state index in [1.165, 1.54) is 30.1 Å². The van der Waals surface area contributed by atoms with Crippen LogP contribution in [0.3, 0.4) is 0 Å². The zero-order chi connectivity index (χ0) is 32.4. The van der Waals surface area contributed by atoms with Gasteiger partial charge < -0.3 is 14.4 Å². The lowest BCUT2D eigenvalue weighted by Gasteiger charge is -2.26. The molecule has 0 saturated carbocycles. The van der Waals surface area contributed by atoms with Crippen LogP contribution in [0.25, 0.3) is 22.4 Å². The van der Waals surface area contributed by atoms with Crippen molar-refractivity contribution in [3.05, 3.63) is 119 Å². The van der Waals surface area contributed by atoms with Gasteiger partial charge in [0.2, 0.25) is 0 Å². The number of nitrogens with zero attached hydrogens (tertiary/aromatic N) is 6. The number of anilines is 2. The fourth-order valence-electron chi connectivity index (χ4n) is 5.21. The molecule has 3 heterocycles. The molecule has 12 heteroatoms. The van der Waals surface area contributed by atoms with Crippen LogP contribution in [-0.2, 0) is 13.1 Å². The van der Waals surface area contributed by atoms with E-state index in [2.05, 4.69) is 15.1 Å². The molecule has 3 aromatic carbocycles. The highest BCUT2D eigenvalue weighted by molar-refractivity contribution is 5.92. The molecule has 0 aliphatic carbocycles. The van der Waals surface area contributed by atoms with Gasteiger partial charge in [-0.25, -0.2) is 27.5 Å². The van der Waals surface area contributed by atoms with Crippen molar-refractivity contribution in [1.82, 2.24) is 24.7 Å². The first-order chi connectivity index (χ1) is 22.3. The molecule has 0 bridgehead atoms. The first kappa shape index (κ1) is 30.5. The molecule has 0 atom stereocenters. The summed E-state index contributed by atoms with van der Waals surface area (Å²) in [5.41, 5.74) is 1.54. The molecule has 0 aliphatic rings. The molecule has 6 rings (SSSR count). The van der Waals surface area contributed by atoms with Gasteiger partial charge in [0.1, 0.15) is 34.7 Å². The van der Waals surface area contributed by atoms with E-state index in [0.717, 1.165) is 12.1 Å². The molecular formula is C34H28F4N6O2. The maximum absolute atomic E-state index is 15.1. The Kier molecular flexibility index (Phi) is 8.51. The van der Waals surface area contributed by atoms with Gasteiger partial charge in [-0.15, -0.1) is 0 Å². The number of para-hydroxylation sites is 1. The molecule has 3 aromatic heterocycles. The largest absolute Gasteiger partial charge is 0.494 e. The Balaban J connectivity index is 1.47. The van der Waals surface area contributed by atoms with Gasteiger partial charge in [0.15, 0.2) is 17.4 Å². The van der Waals surface area contributed by atoms with Crippen LogP contribution in [0.5, 0.6) is 11.5 Å². The van der Waals surface area contributed by atoms with Crippen LogP contribution in [0.2, 0.25) is 0 Å². The number of rotatable bonds is 10. The maximum atomic E-state index is 15.1. The van der Waals surface area contributed by atoms with Crippen molar-refractivity contribution in [3.8, 4) is 23.0 Å². The van der Waals surface area contributed by atoms with Crippen LogP contribution >= 0.6 is 0 Å². The second kappa shape index (κ2) is 12.8. The van der Waals surface area contributed by atoms with Crippen LogP contribution < -0.4 is 14.4 Å². The molecule has 8 nitrogen and oxygen atoms in total. The van der Waals surface area contributed by atoms with Crippen LogP contribution in [0.1, 0.15) is 23.6 Å². The summed E-state index contributed by atoms with van der Waals surface area (Å²) in [4.78, 5) is 14.9. The first-order valence-electron chi connectivity index (χ1n) is 14.4. The van der Waals surface area contributed by atoms with Crippen molar-refractivity contribution in [2.45, 2.75) is 26.9 Å². The van der Waals surface area contributed by atoms with Gasteiger partial charge in [-0.2, -0.15) is 5.10 Å². The number of hydrogen-bond acceptors (Lipinski definition) is 7. The highest BCUT2D eigenvalue weighted by Crippen LogP contribution is 2.36. The second-order valence-electron chi connectivity index (χ2n) is 10.4. The number of aromatic nitrogens is 5. The summed E-state index contributed by atoms with van der Waals surface area (Å²) in [6.45, 7) is 3.15. The van der Waals surface area contributed by atoms with E-state index in [1.807, 2.05) is 0 Å². The quantitative estimate of drug-likeness (QED) is 0.145. The van der Waals surface area contributed by atoms with Gasteiger partial charge in [0.25, 0.3) is 0 Å². The monoisotopic (exact) mass is 628 g/mol. The minimum atomic E-state index is -0.767. The summed E-state index contributed by atoms with van der Waals surface area (Å²) < 4.78 is 72.6. The minimum Gasteiger partial charge on any atom is -0.494 e. The third-order valence-electron chi connectivity index (χ3n) is 7.39. The van der Waals surface area contributed by atoms with Crippen molar-refractivity contribution in [2.24, 2.45) is 0 Å². The molecular weight excluding hydrogens is 600 g/mol. The molecule has 0 aliphatic heterocycles. The normalized spacial score (nSPS) is 11.2. The summed E-state index contributed by atoms with van der Waals surface area (Å²) in [5, 5.41) is 5.31. The number of aryl methyl sites for hydroxylation is 1. The molecule has 46 heavy (non-hydrogen) atoms. The molecule has 0 radical (unpaired) electrons. The number of hydrogen-bond donors (Lipinski definition) is 0. The lowest BCUT2D eigenvalue weighted by atomic mass is 10.1. The van der Waals surface area contributed by atoms with Crippen molar-refractivity contribution < 1.29 is 27.0 Å². The molecule has 0 N–H and O–H groups in total. The molecule has 0 amide bonds. The molecule has 6 aromatic rings. The van der Waals surface area contributed by atoms with E-state index in [0.29, 0.717) is 27.8 Å². The Labute approximate surface area is 261 Å². The summed E-state index contributed by atoms with van der Waals surface area (Å²) in [7, 11) is 1.43. The molecule has 0 unspecified atom stereocenters. The highest BCUT2D eigenvalue weighted by atomic mass is 19.1. The standard InChI is InChI=1S/C34H28F4N6O2/c1-4-46-22-15-28(37)25(29(38)16-22)19-44-30-8-6-5-7-23(30)32(42-44)33-40-17-31(45-3)34(41-33)43(21-9-11-39-12-10-21)18-24-26(35)13-20(2)14-27(24)36/h5-17H,4,18-19H2,1-3H3. The van der Waals surface area contributed by atoms with E-state index in [4.69, 9.17) is 14.5 Å². The number of ether oxygens (including phenoxy) is 2. The maximum Gasteiger partial charge on any atom is 0.183 e. The molecule has 234 valence electrons. The zero-order valence-corrected chi connectivity index (χ0v) is 25.1. The SMILES string of the molecule is CCOc1cc(F)c(Cn2nc(-c3ncc(OC)c(N(Cc4c(F)cc(C)cc4F)c4ccncc4)n3)c3ccccc32)c(F)c1. The Bertz CT molecular complexity index is 1990. The highest BCUT2D eigenvalue weighted by Gasteiger charge is 2.24. The smallest absolute Gasteiger partial charge is 0.183 e. The van der Waals surface area contributed by atoms with E-state index in [1.54, 1.807) is 67.5 Å². The number of halogens is 4. The molecule has 0 saturated heterocycles. The third kappa shape index (κ3) is 5.93. The van der Waals surface area contributed by atoms with E-state index < -0.39 is 23.3 Å². The van der Waals surface area contributed by atoms with Crippen LogP contribution in [0.4, 0.5) is 29.1 Å². The summed E-state index contributed by atoms with van der Waals surface area (Å²) in [6, 6.07) is 15.3. The minimum absolute atomic E-state index is 0.0931. The van der Waals surface area contributed by atoms with Crippen molar-refractivity contribution >= 4 is 22.4 Å². The van der Waals surface area contributed by atoms with Gasteiger partial charge >= 0.3 is 0 Å². The average Bonchev–Trinajstić information content (AvgIpc) is 3.41. The number of fused-ring (bicyclic) bond motifs is 1. The number of benzene rings is 3. The van der Waals surface area contributed by atoms with E-state index >= 15 is 17.6 Å². The molecule has 0 fully saturated rings. The van der Waals surface area contributed by atoms with Gasteiger partial charge in [-0.05, 0) is 49.7 Å². The van der Waals surface area contributed by atoms with Crippen LogP contribution in [0.15, 0.2) is 79.3 Å². The average molecular weight is 629 g/mol. The van der Waals surface area contributed by atoms with Crippen molar-refractivity contribution in [3.63, 3.8) is 0 Å². The van der Waals surface area contributed by atoms with Gasteiger partial charge in [0.05, 0.1) is 38.5 Å². The topological polar surface area (TPSA) is 78.2 Å². The third-order valence-corrected chi connectivity index (χ3v) is 7.39. The first-order valence-corrected chi connectivity index (χ1v) is 14.4. The Hall–Kier alpha value is -5.52. The fraction of sp³-hybridized carbons (Fsp3) is 0.176. The van der Waals surface area contributed by atoms with Gasteiger partial charge in [0, 0.05) is 46.7 Å². The number of pyridine rings is 1. The van der Waals surface area contributed by atoms with E-state index in [9.17, 15) is 0 Å². The van der Waals surface area contributed by atoms with Crippen LogP contribution in [-0.4, -0.2) is 38.4 Å². The Morgan fingerprint density at radius 2 is 1.54 bits per heavy atom. The zero-order valence-electron chi connectivity index (χ0n) is 25.1. The Morgan fingerprint density at radius 1 is 0.870 bits per heavy atom. The Morgan fingerprint density at radius 3 is 2.22 bits per heavy atom. The number of methoxy groups -OCH3 is 1. The lowest BCUT2D eigenvalue weighted by Crippen LogP contribution is -2.21. The van der Waals surface area contributed by atoms with E-state index in [-0.39, 0.29) is 54.0 Å². The molecule has 0 spiro atoms. The fourth-order valence-corrected chi connectivity index (χ4v) is 5.21. The van der Waals surface area contributed by atoms with Crippen LogP contribution in [0, 0.1) is 30.2 Å². The van der Waals surface area contributed by atoms with Gasteiger partial charge in [-0.3, -0.25) is 9.67 Å². The van der Waals surface area contributed by atoms with Crippen molar-refractivity contribution in [1.29, 1.82) is 0 Å².